The summed E-state index contributed by atoms with van der Waals surface area (Å²) in [5.74, 6) is -0.570. The Labute approximate surface area is 300 Å². The van der Waals surface area contributed by atoms with Gasteiger partial charge in [0.2, 0.25) is 11.8 Å². The summed E-state index contributed by atoms with van der Waals surface area (Å²) in [4.78, 5) is 30.6. The molecule has 0 radical (unpaired) electrons. The number of halogens is 2. The number of nitrogens with zero attached hydrogens (tertiary/aromatic N) is 2. The highest BCUT2D eigenvalue weighted by Gasteiger charge is 2.35. The van der Waals surface area contributed by atoms with E-state index in [0.29, 0.717) is 21.3 Å². The van der Waals surface area contributed by atoms with Crippen molar-refractivity contribution in [2.45, 2.75) is 81.8 Å². The quantitative estimate of drug-likeness (QED) is 0.150. The molecule has 0 saturated heterocycles. The van der Waals surface area contributed by atoms with Crippen molar-refractivity contribution in [1.82, 2.24) is 10.2 Å². The van der Waals surface area contributed by atoms with Gasteiger partial charge in [-0.1, -0.05) is 123 Å². The number of hydrogen-bond donors (Lipinski definition) is 1. The van der Waals surface area contributed by atoms with Crippen LogP contribution in [0.25, 0.3) is 0 Å². The molecule has 0 aromatic heterocycles. The molecular weight excluding hydrogens is 677 g/mol. The maximum absolute atomic E-state index is 14.7. The molecule has 2 amide bonds. The first-order valence-electron chi connectivity index (χ1n) is 16.8. The molecule has 0 unspecified atom stereocenters. The van der Waals surface area contributed by atoms with Crippen LogP contribution < -0.4 is 9.62 Å². The number of rotatable bonds is 13. The molecular formula is C39H43Cl2N3O4S. The molecule has 1 aliphatic carbocycles. The Hall–Kier alpha value is -3.85. The van der Waals surface area contributed by atoms with Crippen LogP contribution in [0.2, 0.25) is 10.0 Å². The fourth-order valence-electron chi connectivity index (χ4n) is 6.21. The van der Waals surface area contributed by atoms with E-state index >= 15 is 0 Å². The number of anilines is 1. The van der Waals surface area contributed by atoms with Gasteiger partial charge in [-0.25, -0.2) is 8.42 Å². The van der Waals surface area contributed by atoms with Crippen LogP contribution in [-0.2, 0) is 32.6 Å². The minimum absolute atomic E-state index is 0.0101. The lowest BCUT2D eigenvalue weighted by Gasteiger charge is -2.35. The van der Waals surface area contributed by atoms with Crippen molar-refractivity contribution in [2.75, 3.05) is 10.8 Å². The Kier molecular flexibility index (Phi) is 12.4. The second kappa shape index (κ2) is 16.7. The van der Waals surface area contributed by atoms with E-state index in [1.54, 1.807) is 48.5 Å². The molecule has 4 aromatic carbocycles. The van der Waals surface area contributed by atoms with Crippen molar-refractivity contribution < 1.29 is 18.0 Å². The third kappa shape index (κ3) is 9.44. The molecule has 49 heavy (non-hydrogen) atoms. The first-order valence-corrected chi connectivity index (χ1v) is 19.0. The molecule has 0 aliphatic heterocycles. The fourth-order valence-corrected chi connectivity index (χ4v) is 7.96. The smallest absolute Gasteiger partial charge is 0.264 e. The number of nitrogens with one attached hydrogen (secondary N) is 1. The van der Waals surface area contributed by atoms with Gasteiger partial charge < -0.3 is 10.2 Å². The second-order valence-corrected chi connectivity index (χ2v) is 15.6. The second-order valence-electron chi connectivity index (χ2n) is 12.9. The Bertz CT molecular complexity index is 1810. The molecule has 10 heteroatoms. The molecule has 5 rings (SSSR count). The van der Waals surface area contributed by atoms with Gasteiger partial charge >= 0.3 is 0 Å². The maximum atomic E-state index is 14.7. The zero-order valence-corrected chi connectivity index (χ0v) is 30.2. The largest absolute Gasteiger partial charge is 0.352 e. The summed E-state index contributed by atoms with van der Waals surface area (Å²) in [5, 5.41) is 3.91. The summed E-state index contributed by atoms with van der Waals surface area (Å²) >= 11 is 12.6. The zero-order valence-electron chi connectivity index (χ0n) is 27.9. The van der Waals surface area contributed by atoms with Crippen molar-refractivity contribution in [1.29, 1.82) is 0 Å². The molecule has 1 saturated carbocycles. The fraction of sp³-hybridized carbons (Fsp3) is 0.333. The summed E-state index contributed by atoms with van der Waals surface area (Å²) in [6, 6.07) is 29.0. The molecule has 4 aromatic rings. The predicted molar refractivity (Wildman–Crippen MR) is 197 cm³/mol. The number of carbonyl (C=O) groups excluding carboxylic acids is 2. The number of sulfonamides is 1. The van der Waals surface area contributed by atoms with E-state index in [2.05, 4.69) is 19.2 Å². The van der Waals surface area contributed by atoms with Gasteiger partial charge in [0.1, 0.15) is 12.6 Å². The molecule has 1 N–H and O–H groups in total. The number of carbonyl (C=O) groups is 2. The first-order chi connectivity index (χ1) is 23.5. The molecule has 0 spiro atoms. The maximum Gasteiger partial charge on any atom is 0.264 e. The summed E-state index contributed by atoms with van der Waals surface area (Å²) in [6.45, 7) is 3.60. The van der Waals surface area contributed by atoms with Gasteiger partial charge in [0, 0.05) is 19.0 Å². The topological polar surface area (TPSA) is 86.8 Å². The van der Waals surface area contributed by atoms with Crippen LogP contribution >= 0.6 is 23.2 Å². The van der Waals surface area contributed by atoms with E-state index in [1.807, 2.05) is 42.5 Å². The van der Waals surface area contributed by atoms with E-state index in [-0.39, 0.29) is 35.7 Å². The lowest BCUT2D eigenvalue weighted by molar-refractivity contribution is -0.140. The Balaban J connectivity index is 1.57. The van der Waals surface area contributed by atoms with Crippen LogP contribution in [0.3, 0.4) is 0 Å². The van der Waals surface area contributed by atoms with Crippen LogP contribution in [0, 0.1) is 0 Å². The van der Waals surface area contributed by atoms with Gasteiger partial charge in [0.25, 0.3) is 10.0 Å². The molecule has 258 valence electrons. The molecule has 7 nitrogen and oxygen atoms in total. The van der Waals surface area contributed by atoms with Crippen LogP contribution in [0.15, 0.2) is 108 Å². The Morgan fingerprint density at radius 1 is 0.796 bits per heavy atom. The van der Waals surface area contributed by atoms with E-state index < -0.39 is 28.5 Å². The van der Waals surface area contributed by atoms with Crippen LogP contribution in [0.5, 0.6) is 0 Å². The molecule has 1 fully saturated rings. The normalized spacial score (nSPS) is 14.3. The van der Waals surface area contributed by atoms with E-state index in [4.69, 9.17) is 23.2 Å². The van der Waals surface area contributed by atoms with Crippen LogP contribution in [-0.4, -0.2) is 43.8 Å². The van der Waals surface area contributed by atoms with E-state index in [1.165, 1.54) is 17.0 Å². The summed E-state index contributed by atoms with van der Waals surface area (Å²) in [7, 11) is -4.18. The summed E-state index contributed by atoms with van der Waals surface area (Å²) in [5.41, 5.74) is 2.92. The minimum atomic E-state index is -4.18. The highest BCUT2D eigenvalue weighted by atomic mass is 35.5. The third-order valence-corrected chi connectivity index (χ3v) is 11.5. The molecule has 0 bridgehead atoms. The number of benzene rings is 4. The van der Waals surface area contributed by atoms with Gasteiger partial charge in [0.05, 0.1) is 20.6 Å². The molecule has 0 heterocycles. The van der Waals surface area contributed by atoms with Gasteiger partial charge in [-0.2, -0.15) is 0 Å². The van der Waals surface area contributed by atoms with E-state index in [0.717, 1.165) is 47.5 Å². The van der Waals surface area contributed by atoms with E-state index in [9.17, 15) is 18.0 Å². The standard InChI is InChI=1S/C39H43Cl2N3O4S/c1-28(2)31-19-21-33(22-20-31)44(49(47,48)34-16-10-5-11-17-34)27-38(45)43(26-30-18-23-35(40)36(41)24-30)37(25-29-12-6-3-7-13-29)39(46)42-32-14-8-4-9-15-32/h3,5-7,10-13,16-24,28,32,37H,4,8-9,14-15,25-27H2,1-2H3,(H,42,46)/t37-/m1/s1. The average molecular weight is 721 g/mol. The van der Waals surface area contributed by atoms with Gasteiger partial charge in [-0.05, 0) is 71.8 Å². The average Bonchev–Trinajstić information content (AvgIpc) is 3.11. The monoisotopic (exact) mass is 719 g/mol. The van der Waals surface area contributed by atoms with Crippen LogP contribution in [0.1, 0.15) is 68.6 Å². The zero-order chi connectivity index (χ0) is 35.0. The lowest BCUT2D eigenvalue weighted by atomic mass is 9.94. The first kappa shape index (κ1) is 36.4. The molecule has 1 aliphatic rings. The highest BCUT2D eigenvalue weighted by molar-refractivity contribution is 7.92. The van der Waals surface area contributed by atoms with Crippen molar-refractivity contribution in [3.63, 3.8) is 0 Å². The summed E-state index contributed by atoms with van der Waals surface area (Å²) in [6.07, 6.45) is 5.18. The van der Waals surface area contributed by atoms with Crippen molar-refractivity contribution in [3.05, 3.63) is 130 Å². The Morgan fingerprint density at radius 3 is 2.04 bits per heavy atom. The van der Waals surface area contributed by atoms with Crippen molar-refractivity contribution in [3.8, 4) is 0 Å². The van der Waals surface area contributed by atoms with Gasteiger partial charge in [0.15, 0.2) is 0 Å². The van der Waals surface area contributed by atoms with Gasteiger partial charge in [-0.3, -0.25) is 13.9 Å². The SMILES string of the molecule is CC(C)c1ccc(N(CC(=O)N(Cc2ccc(Cl)c(Cl)c2)[C@H](Cc2ccccc2)C(=O)NC2CCCCC2)S(=O)(=O)c2ccccc2)cc1. The third-order valence-electron chi connectivity index (χ3n) is 9.02. The molecule has 1 atom stereocenters. The predicted octanol–water partition coefficient (Wildman–Crippen LogP) is 8.40. The van der Waals surface area contributed by atoms with Gasteiger partial charge in [-0.15, -0.1) is 0 Å². The number of hydrogen-bond acceptors (Lipinski definition) is 4. The van der Waals surface area contributed by atoms with Crippen LogP contribution in [0.4, 0.5) is 5.69 Å². The summed E-state index contributed by atoms with van der Waals surface area (Å²) < 4.78 is 29.6. The number of amides is 2. The van der Waals surface area contributed by atoms with Crippen molar-refractivity contribution >= 4 is 50.7 Å². The lowest BCUT2D eigenvalue weighted by Crippen LogP contribution is -2.55. The van der Waals surface area contributed by atoms with Crippen molar-refractivity contribution in [2.24, 2.45) is 0 Å². The Morgan fingerprint density at radius 2 is 1.43 bits per heavy atom. The highest BCUT2D eigenvalue weighted by Crippen LogP contribution is 2.28. The minimum Gasteiger partial charge on any atom is -0.352 e.